The summed E-state index contributed by atoms with van der Waals surface area (Å²) in [6, 6.07) is 36.2. The average Bonchev–Trinajstić information content (AvgIpc) is 3.36. The van der Waals surface area contributed by atoms with Crippen molar-refractivity contribution in [2.24, 2.45) is 0 Å². The zero-order chi connectivity index (χ0) is 31.0. The van der Waals surface area contributed by atoms with Gasteiger partial charge in [-0.15, -0.1) is 0 Å². The fourth-order valence-corrected chi connectivity index (χ4v) is 6.36. The number of hydrogen-bond acceptors (Lipinski definition) is 6. The maximum Gasteiger partial charge on any atom is 0.340 e. The number of aryl methyl sites for hydroxylation is 1. The molecule has 0 fully saturated rings. The van der Waals surface area contributed by atoms with Gasteiger partial charge in [0.15, 0.2) is 5.60 Å². The van der Waals surface area contributed by atoms with Crippen LogP contribution in [-0.4, -0.2) is 19.1 Å². The number of fused-ring (bicyclic) bond motifs is 6. The average molecular weight is 597 g/mol. The predicted octanol–water partition coefficient (Wildman–Crippen LogP) is 9.64. The van der Waals surface area contributed by atoms with E-state index in [9.17, 15) is 4.79 Å². The molecule has 1 unspecified atom stereocenters. The molecular formula is C39H36N2O4. The van der Waals surface area contributed by atoms with Crippen molar-refractivity contribution >= 4 is 28.7 Å². The Morgan fingerprint density at radius 1 is 0.778 bits per heavy atom. The first kappa shape index (κ1) is 28.5. The number of esters is 1. The number of para-hydroxylation sites is 1. The Morgan fingerprint density at radius 3 is 2.29 bits per heavy atom. The van der Waals surface area contributed by atoms with Crippen molar-refractivity contribution in [1.29, 1.82) is 0 Å². The van der Waals surface area contributed by atoms with E-state index in [1.54, 1.807) is 0 Å². The van der Waals surface area contributed by atoms with Gasteiger partial charge in [0.1, 0.15) is 17.2 Å². The maximum absolute atomic E-state index is 13.4. The van der Waals surface area contributed by atoms with Crippen LogP contribution in [-0.2, 0) is 10.3 Å². The summed E-state index contributed by atoms with van der Waals surface area (Å²) in [6.45, 7) is 7.81. The number of carbonyl (C=O) groups excluding carboxylic acids is 1. The molecule has 6 heteroatoms. The highest BCUT2D eigenvalue weighted by Gasteiger charge is 2.53. The molecule has 1 atom stereocenters. The minimum atomic E-state index is -1.15. The van der Waals surface area contributed by atoms with E-state index in [2.05, 4.69) is 61.3 Å². The van der Waals surface area contributed by atoms with Gasteiger partial charge in [-0.1, -0.05) is 49.7 Å². The molecule has 45 heavy (non-hydrogen) atoms. The van der Waals surface area contributed by atoms with E-state index in [0.717, 1.165) is 76.7 Å². The Morgan fingerprint density at radius 2 is 1.51 bits per heavy atom. The van der Waals surface area contributed by atoms with Crippen LogP contribution >= 0.6 is 0 Å². The van der Waals surface area contributed by atoms with Gasteiger partial charge >= 0.3 is 5.97 Å². The topological polar surface area (TPSA) is 60.0 Å². The molecule has 0 saturated carbocycles. The van der Waals surface area contributed by atoms with Crippen LogP contribution in [0.3, 0.4) is 0 Å². The number of nitrogens with one attached hydrogen (secondary N) is 1. The van der Waals surface area contributed by atoms with Gasteiger partial charge in [-0.05, 0) is 92.6 Å². The second-order valence-corrected chi connectivity index (χ2v) is 11.5. The summed E-state index contributed by atoms with van der Waals surface area (Å²) >= 11 is 0. The number of carbonyl (C=O) groups is 1. The molecule has 0 radical (unpaired) electrons. The van der Waals surface area contributed by atoms with Gasteiger partial charge in [0.2, 0.25) is 0 Å². The van der Waals surface area contributed by atoms with E-state index >= 15 is 0 Å². The maximum atomic E-state index is 13.4. The van der Waals surface area contributed by atoms with Gasteiger partial charge in [-0.25, -0.2) is 4.79 Å². The summed E-state index contributed by atoms with van der Waals surface area (Å²) in [5.41, 5.74) is 6.75. The summed E-state index contributed by atoms with van der Waals surface area (Å²) in [6.07, 6.45) is 2.14. The van der Waals surface area contributed by atoms with Crippen LogP contribution in [0.15, 0.2) is 109 Å². The monoisotopic (exact) mass is 596 g/mol. The third-order valence-electron chi connectivity index (χ3n) is 8.64. The lowest BCUT2D eigenvalue weighted by Crippen LogP contribution is -2.33. The lowest BCUT2D eigenvalue weighted by Gasteiger charge is -2.38. The second kappa shape index (κ2) is 11.7. The van der Waals surface area contributed by atoms with Crippen molar-refractivity contribution in [3.05, 3.63) is 137 Å². The molecule has 0 bridgehead atoms. The highest BCUT2D eigenvalue weighted by molar-refractivity contribution is 5.97. The first-order chi connectivity index (χ1) is 22.0. The smallest absolute Gasteiger partial charge is 0.340 e. The standard InChI is InChI=1S/C39H36N2O4/c1-4-6-22-43-30-19-16-28(17-20-30)41(5-2)29-18-21-33-37(24-29)44-36-23-26(3)35(40-27-12-8-7-9-13-27)25-34(36)39(33)32-15-11-10-14-31(32)38(42)45-39/h7-21,23-25,40H,4-6,22H2,1-3H3. The molecule has 1 spiro atoms. The molecule has 7 rings (SSSR count). The van der Waals surface area contributed by atoms with E-state index < -0.39 is 5.60 Å². The number of benzene rings is 5. The third-order valence-corrected chi connectivity index (χ3v) is 8.64. The molecule has 2 aliphatic heterocycles. The molecule has 0 saturated heterocycles. The van der Waals surface area contributed by atoms with E-state index in [4.69, 9.17) is 14.2 Å². The first-order valence-electron chi connectivity index (χ1n) is 15.6. The van der Waals surface area contributed by atoms with Gasteiger partial charge in [-0.3, -0.25) is 0 Å². The number of unbranched alkanes of at least 4 members (excludes halogenated alkanes) is 1. The van der Waals surface area contributed by atoms with Gasteiger partial charge in [0.05, 0.1) is 12.2 Å². The quantitative estimate of drug-likeness (QED) is 0.135. The van der Waals surface area contributed by atoms with Crippen LogP contribution in [0.1, 0.15) is 59.3 Å². The van der Waals surface area contributed by atoms with Gasteiger partial charge < -0.3 is 24.4 Å². The number of hydrogen-bond donors (Lipinski definition) is 1. The van der Waals surface area contributed by atoms with Crippen molar-refractivity contribution in [3.8, 4) is 17.2 Å². The van der Waals surface area contributed by atoms with Crippen LogP contribution < -0.4 is 19.7 Å². The normalized spacial score (nSPS) is 15.8. The number of rotatable bonds is 9. The number of nitrogens with zero attached hydrogens (tertiary/aromatic N) is 1. The van der Waals surface area contributed by atoms with E-state index in [0.29, 0.717) is 17.1 Å². The highest BCUT2D eigenvalue weighted by Crippen LogP contribution is 2.57. The van der Waals surface area contributed by atoms with Gasteiger partial charge in [-0.2, -0.15) is 0 Å². The minimum Gasteiger partial charge on any atom is -0.494 e. The van der Waals surface area contributed by atoms with Crippen LogP contribution in [0, 0.1) is 6.92 Å². The molecule has 6 nitrogen and oxygen atoms in total. The van der Waals surface area contributed by atoms with Crippen molar-refractivity contribution in [2.45, 2.75) is 39.2 Å². The molecule has 5 aromatic rings. The van der Waals surface area contributed by atoms with Crippen LogP contribution in [0.2, 0.25) is 0 Å². The molecule has 0 aliphatic carbocycles. The summed E-state index contributed by atoms with van der Waals surface area (Å²) in [7, 11) is 0. The van der Waals surface area contributed by atoms with Crippen LogP contribution in [0.25, 0.3) is 0 Å². The molecule has 1 N–H and O–H groups in total. The Labute approximate surface area is 264 Å². The third kappa shape index (κ3) is 4.96. The van der Waals surface area contributed by atoms with E-state index in [-0.39, 0.29) is 5.97 Å². The second-order valence-electron chi connectivity index (χ2n) is 11.5. The summed E-state index contributed by atoms with van der Waals surface area (Å²) in [5, 5.41) is 3.54. The van der Waals surface area contributed by atoms with Gasteiger partial charge in [0.25, 0.3) is 0 Å². The Hall–Kier alpha value is -5.23. The zero-order valence-electron chi connectivity index (χ0n) is 25.8. The van der Waals surface area contributed by atoms with Crippen molar-refractivity contribution < 1.29 is 19.0 Å². The fourth-order valence-electron chi connectivity index (χ4n) is 6.36. The van der Waals surface area contributed by atoms with Gasteiger partial charge in [0, 0.05) is 52.1 Å². The Balaban J connectivity index is 1.32. The summed E-state index contributed by atoms with van der Waals surface area (Å²) < 4.78 is 19.0. The summed E-state index contributed by atoms with van der Waals surface area (Å²) in [5.74, 6) is 1.85. The lowest BCUT2D eigenvalue weighted by molar-refractivity contribution is 0.0224. The molecular weight excluding hydrogens is 560 g/mol. The lowest BCUT2D eigenvalue weighted by atomic mass is 9.77. The fraction of sp³-hybridized carbons (Fsp3) is 0.205. The van der Waals surface area contributed by atoms with E-state index in [1.807, 2.05) is 78.9 Å². The number of ether oxygens (including phenoxy) is 3. The molecule has 2 aliphatic rings. The summed E-state index contributed by atoms with van der Waals surface area (Å²) in [4.78, 5) is 15.7. The molecule has 2 heterocycles. The molecule has 0 amide bonds. The molecule has 226 valence electrons. The first-order valence-corrected chi connectivity index (χ1v) is 15.6. The van der Waals surface area contributed by atoms with Crippen LogP contribution in [0.4, 0.5) is 22.7 Å². The number of anilines is 4. The SMILES string of the molecule is CCCCOc1ccc(N(CC)c2ccc3c(c2)Oc2cc(C)c(Nc4ccccc4)cc2C32OC(=O)c3ccccc32)cc1. The zero-order valence-corrected chi connectivity index (χ0v) is 25.8. The Kier molecular flexibility index (Phi) is 7.42. The van der Waals surface area contributed by atoms with Crippen LogP contribution in [0.5, 0.6) is 17.2 Å². The predicted molar refractivity (Wildman–Crippen MR) is 179 cm³/mol. The highest BCUT2D eigenvalue weighted by atomic mass is 16.6. The van der Waals surface area contributed by atoms with Crippen molar-refractivity contribution in [2.75, 3.05) is 23.4 Å². The van der Waals surface area contributed by atoms with Crippen molar-refractivity contribution in [1.82, 2.24) is 0 Å². The largest absolute Gasteiger partial charge is 0.494 e. The minimum absolute atomic E-state index is 0.344. The molecule has 5 aromatic carbocycles. The van der Waals surface area contributed by atoms with Crippen molar-refractivity contribution in [3.63, 3.8) is 0 Å². The van der Waals surface area contributed by atoms with E-state index in [1.165, 1.54) is 0 Å². The Bertz CT molecular complexity index is 1870. The molecule has 0 aromatic heterocycles.